The summed E-state index contributed by atoms with van der Waals surface area (Å²) in [6, 6.07) is 0. The first-order chi connectivity index (χ1) is 11.0. The van der Waals surface area contributed by atoms with Crippen LogP contribution in [0.5, 0.6) is 0 Å². The van der Waals surface area contributed by atoms with Crippen LogP contribution in [0.1, 0.15) is 41.0 Å². The molecule has 140 valence electrons. The normalized spacial score (nSPS) is 10.8. The summed E-state index contributed by atoms with van der Waals surface area (Å²) >= 11 is 0. The van der Waals surface area contributed by atoms with Crippen molar-refractivity contribution < 1.29 is 23.2 Å². The van der Waals surface area contributed by atoms with E-state index >= 15 is 0 Å². The van der Waals surface area contributed by atoms with Gasteiger partial charge in [-0.25, -0.2) is 4.79 Å². The van der Waals surface area contributed by atoms with Gasteiger partial charge in [0.15, 0.2) is 0 Å². The minimum atomic E-state index is -2.51. The predicted molar refractivity (Wildman–Crippen MR) is 108 cm³/mol. The molecule has 11 heteroatoms. The Morgan fingerprint density at radius 2 is 1.52 bits per heavy atom. The van der Waals surface area contributed by atoms with Crippen LogP contribution in [0.4, 0.5) is 4.79 Å². The van der Waals surface area contributed by atoms with Crippen LogP contribution in [0, 0.1) is 0 Å². The molecule has 0 bridgehead atoms. The second-order valence-corrected chi connectivity index (χ2v) is 14.1. The molecule has 0 rings (SSSR count). The smallest absolute Gasteiger partial charge is 0.465 e. The maximum atomic E-state index is 9.49. The average Bonchev–Trinajstić information content (AvgIpc) is 2.48. The molecule has 0 unspecified atom stereocenters. The van der Waals surface area contributed by atoms with Crippen LogP contribution in [-0.4, -0.2) is 51.3 Å². The number of carboxylic acid groups (broad SMARTS) is 1. The molecule has 0 saturated heterocycles. The largest absolute Gasteiger partial charge is 0.585 e. The summed E-state index contributed by atoms with van der Waals surface area (Å²) in [5.41, 5.74) is 0. The van der Waals surface area contributed by atoms with Gasteiger partial charge in [0.05, 0.1) is 0 Å². The van der Waals surface area contributed by atoms with Crippen molar-refractivity contribution in [3.05, 3.63) is 0 Å². The van der Waals surface area contributed by atoms with Gasteiger partial charge in [-0.05, 0) is 64.0 Å². The zero-order valence-corrected chi connectivity index (χ0v) is 18.7. The molecule has 0 aliphatic carbocycles. The van der Waals surface area contributed by atoms with Crippen LogP contribution < -0.4 is 5.32 Å². The van der Waals surface area contributed by atoms with Gasteiger partial charge in [-0.3, -0.25) is 0 Å². The summed E-state index contributed by atoms with van der Waals surface area (Å²) in [6.07, 6.45) is 0.242. The molecule has 0 aliphatic rings. The number of hydrogen-bond acceptors (Lipinski definition) is 8. The number of hydrogen-bond donors (Lipinski definition) is 2. The van der Waals surface area contributed by atoms with E-state index in [1.807, 2.05) is 31.6 Å². The van der Waals surface area contributed by atoms with E-state index in [2.05, 4.69) is 12.2 Å². The Morgan fingerprint density at radius 3 is 1.83 bits per heavy atom. The highest BCUT2D eigenvalue weighted by molar-refractivity contribution is 9.28. The maximum absolute atomic E-state index is 9.49. The fraction of sp³-hybridized carbons (Fsp3) is 0.917. The van der Waals surface area contributed by atoms with E-state index in [-0.39, 0.29) is 0 Å². The molecule has 0 aromatic rings. The Kier molecular flexibility index (Phi) is 21.6. The van der Waals surface area contributed by atoms with Crippen molar-refractivity contribution in [2.75, 3.05) is 32.1 Å². The minimum absolute atomic E-state index is 0.481. The van der Waals surface area contributed by atoms with Crippen molar-refractivity contribution in [1.82, 2.24) is 5.32 Å². The molecular weight excluding hydrogens is 394 g/mol. The summed E-state index contributed by atoms with van der Waals surface area (Å²) < 4.78 is 17.2. The fourth-order valence-electron chi connectivity index (χ4n) is 1.07. The van der Waals surface area contributed by atoms with Gasteiger partial charge in [0.1, 0.15) is 0 Å². The Balaban J connectivity index is 0. The van der Waals surface area contributed by atoms with Gasteiger partial charge in [0.25, 0.3) is 0 Å². The number of nitrogens with one attached hydrogen (secondary N) is 1. The van der Waals surface area contributed by atoms with Crippen LogP contribution in [-0.2, 0) is 13.3 Å². The van der Waals surface area contributed by atoms with Crippen molar-refractivity contribution in [2.45, 2.75) is 41.0 Å². The van der Waals surface area contributed by atoms with E-state index < -0.39 is 14.0 Å². The van der Waals surface area contributed by atoms with Crippen molar-refractivity contribution in [3.8, 4) is 0 Å². The van der Waals surface area contributed by atoms with Crippen molar-refractivity contribution in [3.63, 3.8) is 0 Å². The lowest BCUT2D eigenvalue weighted by Crippen LogP contribution is -2.42. The Hall–Kier alpha value is 0.767. The van der Waals surface area contributed by atoms with E-state index in [4.69, 9.17) is 18.4 Å². The molecule has 0 aromatic heterocycles. The zero-order chi connectivity index (χ0) is 18.0. The summed E-state index contributed by atoms with van der Waals surface area (Å²) in [5.74, 6) is 1.17. The lowest BCUT2D eigenvalue weighted by molar-refractivity contribution is 0.0971. The molecular formula is C12H29NO5S4Si. The SMILES string of the molecule is CCCSSSS[Si](OCC)(OCC)OCC.CCNC(=O)O. The number of rotatable bonds is 13. The first-order valence-corrected chi connectivity index (χ1v) is 15.0. The van der Waals surface area contributed by atoms with E-state index in [1.165, 1.54) is 12.2 Å². The van der Waals surface area contributed by atoms with Gasteiger partial charge < -0.3 is 23.7 Å². The molecule has 6 nitrogen and oxygen atoms in total. The highest BCUT2D eigenvalue weighted by Crippen LogP contribution is 2.48. The third kappa shape index (κ3) is 17.4. The Bertz CT molecular complexity index is 263. The second kappa shape index (κ2) is 19.1. The quantitative estimate of drug-likeness (QED) is 0.244. The summed E-state index contributed by atoms with van der Waals surface area (Å²) in [4.78, 5) is 9.49. The van der Waals surface area contributed by atoms with E-state index in [0.717, 1.165) is 0 Å². The third-order valence-electron chi connectivity index (χ3n) is 1.79. The maximum Gasteiger partial charge on any atom is 0.585 e. The van der Waals surface area contributed by atoms with Gasteiger partial charge in [0.2, 0.25) is 0 Å². The van der Waals surface area contributed by atoms with Crippen molar-refractivity contribution in [2.24, 2.45) is 0 Å². The average molecular weight is 424 g/mol. The molecule has 1 amide bonds. The highest BCUT2D eigenvalue weighted by atomic mass is 33.7. The van der Waals surface area contributed by atoms with Gasteiger partial charge in [-0.15, -0.1) is 0 Å². The highest BCUT2D eigenvalue weighted by Gasteiger charge is 2.43. The van der Waals surface area contributed by atoms with Gasteiger partial charge >= 0.3 is 14.0 Å². The van der Waals surface area contributed by atoms with E-state index in [9.17, 15) is 4.79 Å². The summed E-state index contributed by atoms with van der Waals surface area (Å²) in [6.45, 7) is 12.2. The first-order valence-electron chi connectivity index (χ1n) is 7.54. The van der Waals surface area contributed by atoms with Gasteiger partial charge in [-0.1, -0.05) is 17.7 Å². The van der Waals surface area contributed by atoms with E-state index in [0.29, 0.717) is 26.4 Å². The standard InChI is InChI=1S/C9H22O3S4Si.C3H7NO2/c1-5-9-13-14-15-16-17(10-6-2,11-7-3)12-8-4;1-2-4-3(5)6/h5-9H2,1-4H3;4H,2H2,1H3,(H,5,6). The lowest BCUT2D eigenvalue weighted by Gasteiger charge is -2.25. The predicted octanol–water partition coefficient (Wildman–Crippen LogP) is 4.89. The van der Waals surface area contributed by atoms with Gasteiger partial charge in [-0.2, -0.15) is 0 Å². The molecule has 0 aliphatic heterocycles. The summed E-state index contributed by atoms with van der Waals surface area (Å²) in [5, 5.41) is 9.93. The topological polar surface area (TPSA) is 77.0 Å². The van der Waals surface area contributed by atoms with Crippen LogP contribution in [0.15, 0.2) is 0 Å². The minimum Gasteiger partial charge on any atom is -0.465 e. The van der Waals surface area contributed by atoms with Crippen LogP contribution >= 0.6 is 40.7 Å². The molecule has 0 radical (unpaired) electrons. The molecule has 0 atom stereocenters. The lowest BCUT2D eigenvalue weighted by atomic mass is 10.6. The monoisotopic (exact) mass is 423 g/mol. The number of amides is 1. The second-order valence-electron chi connectivity index (χ2n) is 3.68. The summed E-state index contributed by atoms with van der Waals surface area (Å²) in [7, 11) is 4.45. The van der Waals surface area contributed by atoms with Crippen molar-refractivity contribution >= 4 is 54.7 Å². The molecule has 23 heavy (non-hydrogen) atoms. The molecule has 0 fully saturated rings. The molecule has 0 aromatic carbocycles. The van der Waals surface area contributed by atoms with E-state index in [1.54, 1.807) is 36.8 Å². The van der Waals surface area contributed by atoms with Crippen LogP contribution in [0.2, 0.25) is 0 Å². The Morgan fingerprint density at radius 1 is 1.00 bits per heavy atom. The van der Waals surface area contributed by atoms with Crippen LogP contribution in [0.3, 0.4) is 0 Å². The molecule has 0 spiro atoms. The third-order valence-corrected chi connectivity index (χ3v) is 14.7. The first kappa shape index (κ1) is 26.0. The molecule has 2 N–H and O–H groups in total. The van der Waals surface area contributed by atoms with Crippen LogP contribution in [0.25, 0.3) is 0 Å². The zero-order valence-electron chi connectivity index (χ0n) is 14.5. The fourth-order valence-corrected chi connectivity index (χ4v) is 15.1. The molecule has 0 heterocycles. The molecule has 0 saturated carbocycles. The Labute approximate surface area is 156 Å². The number of carbonyl (C=O) groups is 1. The van der Waals surface area contributed by atoms with Crippen molar-refractivity contribution in [1.29, 1.82) is 0 Å². The van der Waals surface area contributed by atoms with Gasteiger partial charge in [0, 0.05) is 32.1 Å².